The topological polar surface area (TPSA) is 35.2 Å². The fourth-order valence-corrected chi connectivity index (χ4v) is 1.57. The maximum Gasteiger partial charge on any atom is 0.0655 e. The second-order valence-electron chi connectivity index (χ2n) is 4.38. The lowest BCUT2D eigenvalue weighted by Gasteiger charge is -2.49. The van der Waals surface area contributed by atoms with Crippen LogP contribution in [0.2, 0.25) is 0 Å². The van der Waals surface area contributed by atoms with Crippen molar-refractivity contribution in [3.8, 4) is 0 Å². The summed E-state index contributed by atoms with van der Waals surface area (Å²) in [6.45, 7) is 7.47. The van der Waals surface area contributed by atoms with Crippen molar-refractivity contribution in [2.75, 3.05) is 6.61 Å². The molecule has 0 aromatic carbocycles. The van der Waals surface area contributed by atoms with Crippen molar-refractivity contribution in [1.82, 2.24) is 0 Å². The SMILES string of the molecule is CCCCOC1CC(N)C1(C)C. The quantitative estimate of drug-likeness (QED) is 0.656. The first-order valence-corrected chi connectivity index (χ1v) is 4.96. The lowest BCUT2D eigenvalue weighted by molar-refractivity contribution is -0.108. The van der Waals surface area contributed by atoms with Gasteiger partial charge >= 0.3 is 0 Å². The molecule has 0 amide bonds. The van der Waals surface area contributed by atoms with Crippen LogP contribution in [0.4, 0.5) is 0 Å². The van der Waals surface area contributed by atoms with Crippen molar-refractivity contribution < 1.29 is 4.74 Å². The summed E-state index contributed by atoms with van der Waals surface area (Å²) in [5.41, 5.74) is 6.07. The van der Waals surface area contributed by atoms with Gasteiger partial charge in [-0.2, -0.15) is 0 Å². The average Bonchev–Trinajstić information content (AvgIpc) is 2.04. The van der Waals surface area contributed by atoms with Gasteiger partial charge < -0.3 is 10.5 Å². The van der Waals surface area contributed by atoms with Crippen LogP contribution in [0.1, 0.15) is 40.0 Å². The van der Waals surface area contributed by atoms with Crippen LogP contribution < -0.4 is 5.73 Å². The largest absolute Gasteiger partial charge is 0.378 e. The average molecular weight is 171 g/mol. The van der Waals surface area contributed by atoms with E-state index in [0.29, 0.717) is 12.1 Å². The molecule has 0 aromatic heterocycles. The summed E-state index contributed by atoms with van der Waals surface area (Å²) in [7, 11) is 0. The number of nitrogens with two attached hydrogens (primary N) is 1. The standard InChI is InChI=1S/C10H21NO/c1-4-5-6-12-9-7-8(11)10(9,2)3/h8-9H,4-7,11H2,1-3H3. The smallest absolute Gasteiger partial charge is 0.0655 e. The van der Waals surface area contributed by atoms with E-state index in [9.17, 15) is 0 Å². The molecule has 72 valence electrons. The predicted molar refractivity (Wildman–Crippen MR) is 51.0 cm³/mol. The van der Waals surface area contributed by atoms with Gasteiger partial charge in [-0.25, -0.2) is 0 Å². The van der Waals surface area contributed by atoms with Gasteiger partial charge in [-0.3, -0.25) is 0 Å². The van der Waals surface area contributed by atoms with Crippen LogP contribution in [0.25, 0.3) is 0 Å². The number of rotatable bonds is 4. The zero-order valence-electron chi connectivity index (χ0n) is 8.47. The van der Waals surface area contributed by atoms with Crippen molar-refractivity contribution in [1.29, 1.82) is 0 Å². The molecular formula is C10H21NO. The lowest BCUT2D eigenvalue weighted by Crippen LogP contribution is -2.59. The molecule has 1 fully saturated rings. The minimum Gasteiger partial charge on any atom is -0.378 e. The minimum absolute atomic E-state index is 0.202. The van der Waals surface area contributed by atoms with Crippen molar-refractivity contribution in [2.24, 2.45) is 11.1 Å². The Morgan fingerprint density at radius 1 is 1.50 bits per heavy atom. The van der Waals surface area contributed by atoms with E-state index < -0.39 is 0 Å². The monoisotopic (exact) mass is 171 g/mol. The third kappa shape index (κ3) is 1.80. The highest BCUT2D eigenvalue weighted by molar-refractivity contribution is 5.00. The number of unbranched alkanes of at least 4 members (excludes halogenated alkanes) is 1. The summed E-state index contributed by atoms with van der Waals surface area (Å²) in [5.74, 6) is 0. The van der Waals surface area contributed by atoms with E-state index >= 15 is 0 Å². The Kier molecular flexibility index (Phi) is 3.13. The normalized spacial score (nSPS) is 33.0. The van der Waals surface area contributed by atoms with Crippen LogP contribution in [0, 0.1) is 5.41 Å². The Morgan fingerprint density at radius 3 is 2.58 bits per heavy atom. The first kappa shape index (κ1) is 10.0. The maximum absolute atomic E-state index is 5.87. The van der Waals surface area contributed by atoms with E-state index in [1.807, 2.05) is 0 Å². The second kappa shape index (κ2) is 3.75. The highest BCUT2D eigenvalue weighted by atomic mass is 16.5. The molecule has 1 aliphatic rings. The summed E-state index contributed by atoms with van der Waals surface area (Å²) < 4.78 is 5.72. The highest BCUT2D eigenvalue weighted by Gasteiger charge is 2.46. The molecule has 0 radical (unpaired) electrons. The van der Waals surface area contributed by atoms with E-state index in [-0.39, 0.29) is 5.41 Å². The zero-order valence-corrected chi connectivity index (χ0v) is 8.47. The Morgan fingerprint density at radius 2 is 2.17 bits per heavy atom. The van der Waals surface area contributed by atoms with Crippen LogP contribution in [-0.4, -0.2) is 18.8 Å². The Labute approximate surface area is 75.5 Å². The first-order valence-electron chi connectivity index (χ1n) is 4.96. The predicted octanol–water partition coefficient (Wildman–Crippen LogP) is 1.93. The van der Waals surface area contributed by atoms with E-state index in [2.05, 4.69) is 20.8 Å². The van der Waals surface area contributed by atoms with Crippen LogP contribution in [0.15, 0.2) is 0 Å². The van der Waals surface area contributed by atoms with Gasteiger partial charge in [0.15, 0.2) is 0 Å². The molecule has 1 aliphatic carbocycles. The molecule has 2 unspecified atom stereocenters. The van der Waals surface area contributed by atoms with E-state index in [4.69, 9.17) is 10.5 Å². The summed E-state index contributed by atoms with van der Waals surface area (Å²) in [6, 6.07) is 0.337. The molecule has 12 heavy (non-hydrogen) atoms. The molecule has 1 saturated carbocycles. The zero-order chi connectivity index (χ0) is 9.19. The van der Waals surface area contributed by atoms with Gasteiger partial charge in [-0.1, -0.05) is 27.2 Å². The second-order valence-corrected chi connectivity index (χ2v) is 4.38. The van der Waals surface area contributed by atoms with E-state index in [0.717, 1.165) is 13.0 Å². The molecule has 2 atom stereocenters. The van der Waals surface area contributed by atoms with Gasteiger partial charge in [0.1, 0.15) is 0 Å². The first-order chi connectivity index (χ1) is 5.59. The molecule has 2 heteroatoms. The highest BCUT2D eigenvalue weighted by Crippen LogP contribution is 2.41. The summed E-state index contributed by atoms with van der Waals surface area (Å²) in [5, 5.41) is 0. The fraction of sp³-hybridized carbons (Fsp3) is 1.00. The Hall–Kier alpha value is -0.0800. The molecule has 0 aliphatic heterocycles. The van der Waals surface area contributed by atoms with Gasteiger partial charge in [0.05, 0.1) is 6.10 Å². The van der Waals surface area contributed by atoms with Gasteiger partial charge in [0.2, 0.25) is 0 Å². The van der Waals surface area contributed by atoms with Crippen LogP contribution in [-0.2, 0) is 4.74 Å². The fourth-order valence-electron chi connectivity index (χ4n) is 1.57. The van der Waals surface area contributed by atoms with Crippen molar-refractivity contribution in [3.05, 3.63) is 0 Å². The molecule has 2 nitrogen and oxygen atoms in total. The Bertz CT molecular complexity index is 145. The molecule has 1 rings (SSSR count). The van der Waals surface area contributed by atoms with Gasteiger partial charge in [0, 0.05) is 18.1 Å². The molecule has 0 bridgehead atoms. The summed E-state index contributed by atoms with van der Waals surface area (Å²) in [4.78, 5) is 0. The minimum atomic E-state index is 0.202. The molecule has 0 spiro atoms. The number of hydrogen-bond acceptors (Lipinski definition) is 2. The van der Waals surface area contributed by atoms with Crippen molar-refractivity contribution in [2.45, 2.75) is 52.2 Å². The van der Waals surface area contributed by atoms with Gasteiger partial charge in [-0.15, -0.1) is 0 Å². The van der Waals surface area contributed by atoms with Crippen molar-refractivity contribution in [3.63, 3.8) is 0 Å². The van der Waals surface area contributed by atoms with Gasteiger partial charge in [-0.05, 0) is 12.8 Å². The third-order valence-corrected chi connectivity index (χ3v) is 3.07. The van der Waals surface area contributed by atoms with Gasteiger partial charge in [0.25, 0.3) is 0 Å². The molecule has 0 aromatic rings. The Balaban J connectivity index is 2.19. The summed E-state index contributed by atoms with van der Waals surface area (Å²) >= 11 is 0. The van der Waals surface area contributed by atoms with Crippen LogP contribution in [0.5, 0.6) is 0 Å². The lowest BCUT2D eigenvalue weighted by atomic mass is 9.65. The molecular weight excluding hydrogens is 150 g/mol. The van der Waals surface area contributed by atoms with Crippen LogP contribution in [0.3, 0.4) is 0 Å². The number of ether oxygens (including phenoxy) is 1. The number of hydrogen-bond donors (Lipinski definition) is 1. The molecule has 0 saturated heterocycles. The van der Waals surface area contributed by atoms with Crippen LogP contribution >= 0.6 is 0 Å². The summed E-state index contributed by atoms with van der Waals surface area (Å²) in [6.07, 6.45) is 3.82. The van der Waals surface area contributed by atoms with Crippen molar-refractivity contribution >= 4 is 0 Å². The molecule has 2 N–H and O–H groups in total. The van der Waals surface area contributed by atoms with E-state index in [1.54, 1.807) is 0 Å². The van der Waals surface area contributed by atoms with E-state index in [1.165, 1.54) is 12.8 Å². The maximum atomic E-state index is 5.87. The molecule has 0 heterocycles. The third-order valence-electron chi connectivity index (χ3n) is 3.07.